The van der Waals surface area contributed by atoms with Crippen LogP contribution in [0.2, 0.25) is 0 Å². The molecule has 1 aliphatic rings. The van der Waals surface area contributed by atoms with Crippen molar-refractivity contribution in [3.05, 3.63) is 59.2 Å². The van der Waals surface area contributed by atoms with Crippen molar-refractivity contribution in [3.63, 3.8) is 0 Å². The van der Waals surface area contributed by atoms with Crippen molar-refractivity contribution in [1.82, 2.24) is 0 Å². The van der Waals surface area contributed by atoms with Gasteiger partial charge in [0.05, 0.1) is 12.3 Å². The maximum absolute atomic E-state index is 11.1. The molecule has 0 radical (unpaired) electrons. The third-order valence-corrected chi connectivity index (χ3v) is 5.71. The van der Waals surface area contributed by atoms with Crippen LogP contribution in [0, 0.1) is 23.2 Å². The van der Waals surface area contributed by atoms with E-state index in [9.17, 15) is 4.79 Å². The Morgan fingerprint density at radius 3 is 2.65 bits per heavy atom. The van der Waals surface area contributed by atoms with E-state index in [4.69, 9.17) is 15.3 Å². The van der Waals surface area contributed by atoms with Gasteiger partial charge < -0.3 is 20.6 Å². The van der Waals surface area contributed by atoms with Crippen LogP contribution in [0.5, 0.6) is 5.75 Å². The number of hydrogen-bond acceptors (Lipinski definition) is 4. The number of ether oxygens (including phenoxy) is 1. The van der Waals surface area contributed by atoms with Crippen molar-refractivity contribution < 1.29 is 14.6 Å². The fourth-order valence-corrected chi connectivity index (χ4v) is 4.01. The highest BCUT2D eigenvalue weighted by Gasteiger charge is 2.15. The molecular formula is C26H30N2O3. The van der Waals surface area contributed by atoms with Crippen molar-refractivity contribution >= 4 is 17.9 Å². The average Bonchev–Trinajstić information content (AvgIpc) is 3.30. The monoisotopic (exact) mass is 418 g/mol. The molecule has 0 spiro atoms. The SMILES string of the molecule is CC#C[C@@H](CC(=O)O)c1ccc(OCc2ccc(C=N)c(NCC3CCCC3)c2)cc1. The number of carboxylic acids is 1. The van der Waals surface area contributed by atoms with Gasteiger partial charge in [0.2, 0.25) is 0 Å². The minimum absolute atomic E-state index is 0.0168. The lowest BCUT2D eigenvalue weighted by molar-refractivity contribution is -0.137. The van der Waals surface area contributed by atoms with Gasteiger partial charge in [-0.2, -0.15) is 0 Å². The van der Waals surface area contributed by atoms with Gasteiger partial charge in [-0.1, -0.05) is 43.0 Å². The summed E-state index contributed by atoms with van der Waals surface area (Å²) in [5, 5.41) is 20.3. The molecule has 5 heteroatoms. The second-order valence-electron chi connectivity index (χ2n) is 8.00. The summed E-state index contributed by atoms with van der Waals surface area (Å²) in [4.78, 5) is 11.1. The van der Waals surface area contributed by atoms with Crippen molar-refractivity contribution in [2.45, 2.75) is 51.6 Å². The number of hydrogen-bond donors (Lipinski definition) is 3. The lowest BCUT2D eigenvalue weighted by Gasteiger charge is -2.15. The third-order valence-electron chi connectivity index (χ3n) is 5.71. The predicted molar refractivity (Wildman–Crippen MR) is 124 cm³/mol. The van der Waals surface area contributed by atoms with Crippen LogP contribution < -0.4 is 10.1 Å². The van der Waals surface area contributed by atoms with Gasteiger partial charge in [0.15, 0.2) is 0 Å². The second-order valence-corrected chi connectivity index (χ2v) is 8.00. The summed E-state index contributed by atoms with van der Waals surface area (Å²) in [6, 6.07) is 13.4. The molecule has 3 N–H and O–H groups in total. The maximum Gasteiger partial charge on any atom is 0.304 e. The van der Waals surface area contributed by atoms with Crippen LogP contribution in [0.3, 0.4) is 0 Å². The summed E-state index contributed by atoms with van der Waals surface area (Å²) in [5.41, 5.74) is 3.77. The Bertz CT molecular complexity index is 951. The molecule has 0 saturated heterocycles. The smallest absolute Gasteiger partial charge is 0.304 e. The highest BCUT2D eigenvalue weighted by molar-refractivity contribution is 5.86. The molecule has 0 heterocycles. The van der Waals surface area contributed by atoms with Gasteiger partial charge in [-0.3, -0.25) is 4.79 Å². The van der Waals surface area contributed by atoms with Crippen LogP contribution in [0.25, 0.3) is 0 Å². The van der Waals surface area contributed by atoms with E-state index in [2.05, 4.69) is 23.2 Å². The van der Waals surface area contributed by atoms with E-state index in [-0.39, 0.29) is 12.3 Å². The molecule has 1 fully saturated rings. The first-order chi connectivity index (χ1) is 15.1. The summed E-state index contributed by atoms with van der Waals surface area (Å²) in [6.45, 7) is 3.08. The summed E-state index contributed by atoms with van der Waals surface area (Å²) in [5.74, 6) is 6.03. The first-order valence-electron chi connectivity index (χ1n) is 10.8. The summed E-state index contributed by atoms with van der Waals surface area (Å²) in [7, 11) is 0. The van der Waals surface area contributed by atoms with Crippen LogP contribution in [0.15, 0.2) is 42.5 Å². The Balaban J connectivity index is 1.62. The molecule has 1 atom stereocenters. The molecule has 2 aromatic carbocycles. The third kappa shape index (κ3) is 6.62. The lowest BCUT2D eigenvalue weighted by atomic mass is 9.96. The van der Waals surface area contributed by atoms with E-state index in [1.165, 1.54) is 31.9 Å². The number of carboxylic acid groups (broad SMARTS) is 1. The minimum atomic E-state index is -0.862. The Hall–Kier alpha value is -3.26. The standard InChI is InChI=1S/C26H30N2O3/c1-2-5-22(15-26(29)30)21-10-12-24(13-11-21)31-18-20-8-9-23(16-27)25(14-20)28-17-19-6-3-4-7-19/h8-14,16,19,22,27-28H,3-4,6-7,15,17-18H2,1H3,(H,29,30)/t22-/m0/s1. The Kier molecular flexibility index (Phi) is 8.12. The Labute approximate surface area is 184 Å². The molecule has 31 heavy (non-hydrogen) atoms. The normalized spacial score (nSPS) is 14.4. The van der Waals surface area contributed by atoms with Crippen LogP contribution >= 0.6 is 0 Å². The molecule has 0 unspecified atom stereocenters. The van der Waals surface area contributed by atoms with Crippen LogP contribution in [-0.2, 0) is 11.4 Å². The van der Waals surface area contributed by atoms with Crippen LogP contribution in [0.1, 0.15) is 61.6 Å². The van der Waals surface area contributed by atoms with Crippen molar-refractivity contribution in [3.8, 4) is 17.6 Å². The van der Waals surface area contributed by atoms with Gasteiger partial charge in [0, 0.05) is 24.0 Å². The van der Waals surface area contributed by atoms with E-state index >= 15 is 0 Å². The number of aliphatic carboxylic acids is 1. The fraction of sp³-hybridized carbons (Fsp3) is 0.385. The minimum Gasteiger partial charge on any atom is -0.489 e. The zero-order chi connectivity index (χ0) is 22.1. The number of rotatable bonds is 10. The summed E-state index contributed by atoms with van der Waals surface area (Å²) in [6.07, 6.45) is 6.56. The molecule has 1 aliphatic carbocycles. The molecule has 162 valence electrons. The first-order valence-corrected chi connectivity index (χ1v) is 10.8. The van der Waals surface area contributed by atoms with Gasteiger partial charge in [-0.25, -0.2) is 0 Å². The zero-order valence-corrected chi connectivity index (χ0v) is 18.0. The van der Waals surface area contributed by atoms with E-state index < -0.39 is 5.97 Å². The van der Waals surface area contributed by atoms with E-state index in [1.807, 2.05) is 36.4 Å². The van der Waals surface area contributed by atoms with Crippen LogP contribution in [-0.4, -0.2) is 23.8 Å². The molecule has 2 aromatic rings. The quantitative estimate of drug-likeness (QED) is 0.354. The highest BCUT2D eigenvalue weighted by atomic mass is 16.5. The maximum atomic E-state index is 11.1. The van der Waals surface area contributed by atoms with Gasteiger partial charge in [0.1, 0.15) is 12.4 Å². The van der Waals surface area contributed by atoms with Gasteiger partial charge in [-0.15, -0.1) is 5.92 Å². The van der Waals surface area contributed by atoms with E-state index in [1.54, 1.807) is 6.92 Å². The van der Waals surface area contributed by atoms with E-state index in [0.29, 0.717) is 6.61 Å². The fourth-order valence-electron chi connectivity index (χ4n) is 4.01. The molecule has 3 rings (SSSR count). The molecule has 0 amide bonds. The molecule has 0 bridgehead atoms. The molecule has 0 aromatic heterocycles. The Morgan fingerprint density at radius 1 is 1.26 bits per heavy atom. The average molecular weight is 419 g/mol. The van der Waals surface area contributed by atoms with Crippen LogP contribution in [0.4, 0.5) is 5.69 Å². The van der Waals surface area contributed by atoms with Gasteiger partial charge in [-0.05, 0) is 55.0 Å². The number of anilines is 1. The molecule has 5 nitrogen and oxygen atoms in total. The summed E-state index contributed by atoms with van der Waals surface area (Å²) >= 11 is 0. The topological polar surface area (TPSA) is 82.4 Å². The number of carbonyl (C=O) groups is 1. The van der Waals surface area contributed by atoms with Crippen molar-refractivity contribution in [2.24, 2.45) is 5.92 Å². The predicted octanol–water partition coefficient (Wildman–Crippen LogP) is 5.45. The molecular weight excluding hydrogens is 388 g/mol. The number of nitrogens with one attached hydrogen (secondary N) is 2. The van der Waals surface area contributed by atoms with Gasteiger partial charge >= 0.3 is 5.97 Å². The van der Waals surface area contributed by atoms with E-state index in [0.717, 1.165) is 40.6 Å². The molecule has 1 saturated carbocycles. The van der Waals surface area contributed by atoms with Gasteiger partial charge in [0.25, 0.3) is 0 Å². The number of benzene rings is 2. The highest BCUT2D eigenvalue weighted by Crippen LogP contribution is 2.26. The zero-order valence-electron chi connectivity index (χ0n) is 18.0. The molecule has 0 aliphatic heterocycles. The van der Waals surface area contributed by atoms with Crippen molar-refractivity contribution in [2.75, 3.05) is 11.9 Å². The lowest BCUT2D eigenvalue weighted by Crippen LogP contribution is -2.12. The largest absolute Gasteiger partial charge is 0.489 e. The van der Waals surface area contributed by atoms with Crippen molar-refractivity contribution in [1.29, 1.82) is 5.41 Å². The first kappa shape index (κ1) is 22.4. The Morgan fingerprint density at radius 2 is 2.00 bits per heavy atom. The summed E-state index contributed by atoms with van der Waals surface area (Å²) < 4.78 is 5.94. The second kappa shape index (κ2) is 11.2.